The Kier molecular flexibility index (Phi) is 5.99. The number of hydrogen-bond donors (Lipinski definition) is 1. The number of benzene rings is 1. The minimum absolute atomic E-state index is 0.0376. The molecule has 0 radical (unpaired) electrons. The molecule has 0 saturated carbocycles. The first-order valence-corrected chi connectivity index (χ1v) is 9.73. The van der Waals surface area contributed by atoms with E-state index < -0.39 is 24.0 Å². The van der Waals surface area contributed by atoms with Crippen LogP contribution in [0.4, 0.5) is 13.2 Å². The van der Waals surface area contributed by atoms with Crippen LogP contribution in [-0.2, 0) is 16.9 Å². The van der Waals surface area contributed by atoms with Crippen LogP contribution in [-0.4, -0.2) is 38.9 Å². The molecule has 3 aromatic rings. The van der Waals surface area contributed by atoms with Gasteiger partial charge >= 0.3 is 11.3 Å². The van der Waals surface area contributed by atoms with Crippen LogP contribution in [0.25, 0.3) is 11.0 Å². The van der Waals surface area contributed by atoms with Crippen molar-refractivity contribution < 1.29 is 27.2 Å². The van der Waals surface area contributed by atoms with E-state index in [2.05, 4.69) is 15.0 Å². The number of hydrogen-bond acceptors (Lipinski definition) is 5. The van der Waals surface area contributed by atoms with Crippen LogP contribution >= 0.6 is 0 Å². The minimum Gasteiger partial charge on any atom is -0.609 e. The molecule has 1 atom stereocenters. The summed E-state index contributed by atoms with van der Waals surface area (Å²) in [5, 5.41) is 0.214. The van der Waals surface area contributed by atoms with E-state index in [1.807, 2.05) is 13.8 Å². The first-order valence-electron chi connectivity index (χ1n) is 8.42. The summed E-state index contributed by atoms with van der Waals surface area (Å²) in [6.07, 6.45) is -2.83. The van der Waals surface area contributed by atoms with E-state index in [0.29, 0.717) is 29.1 Å². The van der Waals surface area contributed by atoms with Crippen LogP contribution in [0.1, 0.15) is 18.2 Å². The Balaban J connectivity index is 1.77. The molecule has 1 unspecified atom stereocenters. The fourth-order valence-corrected chi connectivity index (χ4v) is 3.63. The summed E-state index contributed by atoms with van der Waals surface area (Å²) in [6, 6.07) is 6.05. The number of alkyl halides is 3. The van der Waals surface area contributed by atoms with Crippen molar-refractivity contribution in [1.82, 2.24) is 15.0 Å². The molecule has 0 bridgehead atoms. The van der Waals surface area contributed by atoms with E-state index in [1.54, 1.807) is 12.3 Å². The molecule has 0 saturated heterocycles. The van der Waals surface area contributed by atoms with Gasteiger partial charge in [-0.25, -0.2) is 0 Å². The van der Waals surface area contributed by atoms with Gasteiger partial charge in [0.1, 0.15) is 11.5 Å². The summed E-state index contributed by atoms with van der Waals surface area (Å²) in [5.74, 6) is 0.848. The fraction of sp³-hybridized carbons (Fsp3) is 0.333. The van der Waals surface area contributed by atoms with Crippen LogP contribution in [0, 0.1) is 6.92 Å². The van der Waals surface area contributed by atoms with Crippen molar-refractivity contribution in [3.05, 3.63) is 41.7 Å². The van der Waals surface area contributed by atoms with Crippen molar-refractivity contribution in [2.75, 3.05) is 13.2 Å². The predicted octanol–water partition coefficient (Wildman–Crippen LogP) is 3.91. The maximum atomic E-state index is 12.7. The number of nitrogens with zero attached hydrogens (tertiary/aromatic N) is 2. The molecule has 3 rings (SSSR count). The molecule has 0 amide bonds. The number of rotatable bonds is 7. The van der Waals surface area contributed by atoms with Crippen LogP contribution in [0.2, 0.25) is 0 Å². The highest BCUT2D eigenvalue weighted by Crippen LogP contribution is 2.26. The lowest BCUT2D eigenvalue weighted by Crippen LogP contribution is -2.19. The number of halogens is 3. The van der Waals surface area contributed by atoms with Gasteiger partial charge in [-0.15, -0.1) is 0 Å². The third-order valence-corrected chi connectivity index (χ3v) is 5.04. The van der Waals surface area contributed by atoms with Crippen molar-refractivity contribution in [1.29, 1.82) is 0 Å². The number of aromatic nitrogens is 3. The van der Waals surface area contributed by atoms with Gasteiger partial charge in [0.2, 0.25) is 0 Å². The highest BCUT2D eigenvalue weighted by molar-refractivity contribution is 7.90. The third-order valence-electron chi connectivity index (χ3n) is 3.88. The second-order valence-corrected chi connectivity index (χ2v) is 7.29. The van der Waals surface area contributed by atoms with Crippen molar-refractivity contribution in [2.24, 2.45) is 0 Å². The minimum atomic E-state index is -4.42. The number of H-pyrrole nitrogens is 1. The highest BCUT2D eigenvalue weighted by atomic mass is 32.2. The van der Waals surface area contributed by atoms with E-state index in [0.717, 1.165) is 5.56 Å². The number of imidazole rings is 1. The number of nitrogens with one attached hydrogen (secondary N) is 1. The van der Waals surface area contributed by atoms with Crippen LogP contribution < -0.4 is 9.47 Å². The summed E-state index contributed by atoms with van der Waals surface area (Å²) in [7, 11) is 0. The molecule has 0 aliphatic carbocycles. The van der Waals surface area contributed by atoms with Crippen LogP contribution in [0.5, 0.6) is 11.5 Å². The van der Waals surface area contributed by atoms with Crippen LogP contribution in [0.15, 0.2) is 35.6 Å². The molecule has 0 fully saturated rings. The molecule has 0 aliphatic heterocycles. The summed E-state index contributed by atoms with van der Waals surface area (Å²) in [5.41, 5.74) is 2.35. The molecule has 1 N–H and O–H groups in total. The lowest BCUT2D eigenvalue weighted by atomic mass is 10.2. The molecule has 2 aromatic heterocycles. The highest BCUT2D eigenvalue weighted by Gasteiger charge is 2.28. The SMILES string of the molecule is CCOc1ccnc(C[S+]([O-])c2nc3cc(OCC(F)(F)F)ccc3[nH]2)c1C. The maximum absolute atomic E-state index is 12.7. The lowest BCUT2D eigenvalue weighted by Gasteiger charge is -2.11. The van der Waals surface area contributed by atoms with E-state index in [-0.39, 0.29) is 16.7 Å². The van der Waals surface area contributed by atoms with Crippen molar-refractivity contribution in [3.63, 3.8) is 0 Å². The Bertz CT molecular complexity index is 962. The summed E-state index contributed by atoms with van der Waals surface area (Å²) < 4.78 is 59.8. The van der Waals surface area contributed by atoms with Crippen molar-refractivity contribution in [2.45, 2.75) is 30.9 Å². The predicted molar refractivity (Wildman–Crippen MR) is 97.9 cm³/mol. The lowest BCUT2D eigenvalue weighted by molar-refractivity contribution is -0.153. The Morgan fingerprint density at radius 1 is 1.21 bits per heavy atom. The Labute approximate surface area is 162 Å². The molecule has 2 heterocycles. The van der Waals surface area contributed by atoms with E-state index in [9.17, 15) is 17.7 Å². The second-order valence-electron chi connectivity index (χ2n) is 5.93. The molecule has 0 aliphatic rings. The largest absolute Gasteiger partial charge is 0.609 e. The molecule has 150 valence electrons. The molecule has 0 spiro atoms. The fourth-order valence-electron chi connectivity index (χ4n) is 2.53. The quantitative estimate of drug-likeness (QED) is 0.594. The third kappa shape index (κ3) is 4.87. The molecule has 10 heteroatoms. The zero-order chi connectivity index (χ0) is 20.3. The molecule has 6 nitrogen and oxygen atoms in total. The first-order chi connectivity index (χ1) is 13.3. The normalized spacial score (nSPS) is 12.9. The van der Waals surface area contributed by atoms with Gasteiger partial charge in [-0.1, -0.05) is 0 Å². The summed E-state index contributed by atoms with van der Waals surface area (Å²) in [6.45, 7) is 2.84. The second kappa shape index (κ2) is 8.27. The summed E-state index contributed by atoms with van der Waals surface area (Å²) >= 11 is -1.52. The number of aromatic amines is 1. The van der Waals surface area contributed by atoms with E-state index in [4.69, 9.17) is 9.47 Å². The monoisotopic (exact) mass is 413 g/mol. The number of pyridine rings is 1. The van der Waals surface area contributed by atoms with Crippen LogP contribution in [0.3, 0.4) is 0 Å². The average molecular weight is 413 g/mol. The van der Waals surface area contributed by atoms with Gasteiger partial charge in [-0.05, 0) is 32.0 Å². The van der Waals surface area contributed by atoms with Gasteiger partial charge in [0, 0.05) is 29.0 Å². The summed E-state index contributed by atoms with van der Waals surface area (Å²) in [4.78, 5) is 11.4. The van der Waals surface area contributed by atoms with Gasteiger partial charge in [0.05, 0.1) is 23.3 Å². The first kappa shape index (κ1) is 20.3. The number of fused-ring (bicyclic) bond motifs is 1. The maximum Gasteiger partial charge on any atom is 0.422 e. The zero-order valence-electron chi connectivity index (χ0n) is 15.2. The topological polar surface area (TPSA) is 83.1 Å². The van der Waals surface area contributed by atoms with Gasteiger partial charge in [0.25, 0.3) is 0 Å². The standard InChI is InChI=1S/C18H18F3N3O3S/c1-3-26-16-6-7-22-15(11(16)2)9-28(25)17-23-13-5-4-12(8-14(13)24-17)27-10-18(19,20)21/h4-8H,3,9-10H2,1-2H3,(H,23,24). The van der Waals surface area contributed by atoms with Gasteiger partial charge < -0.3 is 14.0 Å². The Morgan fingerprint density at radius 2 is 2.00 bits per heavy atom. The van der Waals surface area contributed by atoms with Crippen molar-refractivity contribution >= 4 is 22.2 Å². The zero-order valence-corrected chi connectivity index (χ0v) is 16.0. The Morgan fingerprint density at radius 3 is 2.71 bits per heavy atom. The van der Waals surface area contributed by atoms with E-state index in [1.165, 1.54) is 18.2 Å². The number of ether oxygens (including phenoxy) is 2. The van der Waals surface area contributed by atoms with Gasteiger partial charge in [-0.3, -0.25) is 9.97 Å². The van der Waals surface area contributed by atoms with Gasteiger partial charge in [-0.2, -0.15) is 18.2 Å². The smallest absolute Gasteiger partial charge is 0.422 e. The molecular weight excluding hydrogens is 395 g/mol. The van der Waals surface area contributed by atoms with Crippen molar-refractivity contribution in [3.8, 4) is 11.5 Å². The molecular formula is C18H18F3N3O3S. The van der Waals surface area contributed by atoms with Gasteiger partial charge in [0.15, 0.2) is 12.4 Å². The molecule has 1 aromatic carbocycles. The Hall–Kier alpha value is -2.46. The molecule has 28 heavy (non-hydrogen) atoms. The van der Waals surface area contributed by atoms with E-state index >= 15 is 0 Å². The average Bonchev–Trinajstić information content (AvgIpc) is 3.06.